The molecular formula is C24H20FN7OS. The molecule has 2 aliphatic heterocycles. The molecule has 0 spiro atoms. The van der Waals surface area contributed by atoms with Crippen molar-refractivity contribution in [1.82, 2.24) is 29.4 Å². The van der Waals surface area contributed by atoms with Crippen molar-refractivity contribution in [3.8, 4) is 16.9 Å². The van der Waals surface area contributed by atoms with Crippen LogP contribution < -0.4 is 9.64 Å². The van der Waals surface area contributed by atoms with Gasteiger partial charge in [-0.05, 0) is 48.9 Å². The Hall–Kier alpha value is -3.66. The second kappa shape index (κ2) is 7.42. The number of nitrogens with zero attached hydrogens (tertiary/aromatic N) is 7. The van der Waals surface area contributed by atoms with Gasteiger partial charge in [-0.15, -0.1) is 10.2 Å². The molecule has 10 heteroatoms. The molecule has 7 rings (SSSR count). The lowest BCUT2D eigenvalue weighted by molar-refractivity contribution is 0.275. The molecule has 0 radical (unpaired) electrons. The van der Waals surface area contributed by atoms with Gasteiger partial charge >= 0.3 is 0 Å². The van der Waals surface area contributed by atoms with Crippen LogP contribution in [-0.4, -0.2) is 48.6 Å². The van der Waals surface area contributed by atoms with Crippen molar-refractivity contribution in [2.24, 2.45) is 7.05 Å². The van der Waals surface area contributed by atoms with Crippen LogP contribution in [0.25, 0.3) is 27.7 Å². The Labute approximate surface area is 198 Å². The molecule has 34 heavy (non-hydrogen) atoms. The second-order valence-corrected chi connectivity index (χ2v) is 9.75. The molecule has 0 unspecified atom stereocenters. The molecule has 6 heterocycles. The minimum absolute atomic E-state index is 0.193. The Kier molecular flexibility index (Phi) is 4.32. The Morgan fingerprint density at radius 3 is 2.94 bits per heavy atom. The molecule has 4 aromatic heterocycles. The van der Waals surface area contributed by atoms with Crippen LogP contribution in [0.3, 0.4) is 0 Å². The van der Waals surface area contributed by atoms with Crippen LogP contribution in [0.15, 0.2) is 59.1 Å². The highest BCUT2D eigenvalue weighted by molar-refractivity contribution is 7.99. The lowest BCUT2D eigenvalue weighted by Gasteiger charge is -2.33. The maximum atomic E-state index is 14.8. The van der Waals surface area contributed by atoms with Crippen molar-refractivity contribution < 1.29 is 9.13 Å². The van der Waals surface area contributed by atoms with E-state index in [0.29, 0.717) is 23.4 Å². The summed E-state index contributed by atoms with van der Waals surface area (Å²) in [5.74, 6) is 0.465. The van der Waals surface area contributed by atoms with Gasteiger partial charge < -0.3 is 9.64 Å². The highest BCUT2D eigenvalue weighted by Crippen LogP contribution is 2.43. The fourth-order valence-corrected chi connectivity index (χ4v) is 5.74. The van der Waals surface area contributed by atoms with Gasteiger partial charge in [0.1, 0.15) is 6.61 Å². The zero-order valence-corrected chi connectivity index (χ0v) is 19.2. The van der Waals surface area contributed by atoms with Crippen molar-refractivity contribution >= 4 is 34.0 Å². The van der Waals surface area contributed by atoms with E-state index in [1.807, 2.05) is 37.8 Å². The third-order valence-electron chi connectivity index (χ3n) is 6.55. The van der Waals surface area contributed by atoms with E-state index < -0.39 is 5.82 Å². The van der Waals surface area contributed by atoms with Gasteiger partial charge in [-0.1, -0.05) is 0 Å². The zero-order valence-electron chi connectivity index (χ0n) is 18.3. The lowest BCUT2D eigenvalue weighted by atomic mass is 10.1. The van der Waals surface area contributed by atoms with Crippen molar-refractivity contribution in [3.05, 3.63) is 54.9 Å². The van der Waals surface area contributed by atoms with Crippen LogP contribution in [0.2, 0.25) is 0 Å². The first-order valence-electron chi connectivity index (χ1n) is 11.2. The van der Waals surface area contributed by atoms with Gasteiger partial charge in [-0.25, -0.2) is 4.39 Å². The number of aromatic nitrogens is 6. The number of anilines is 1. The number of fused-ring (bicyclic) bond motifs is 6. The average Bonchev–Trinajstić information content (AvgIpc) is 3.59. The number of rotatable bonds is 3. The summed E-state index contributed by atoms with van der Waals surface area (Å²) >= 11 is 1.43. The Morgan fingerprint density at radius 1 is 1.12 bits per heavy atom. The summed E-state index contributed by atoms with van der Waals surface area (Å²) in [6, 6.07) is 7.96. The van der Waals surface area contributed by atoms with Gasteiger partial charge in [0.25, 0.3) is 0 Å². The molecule has 1 saturated heterocycles. The molecule has 1 atom stereocenters. The van der Waals surface area contributed by atoms with Gasteiger partial charge in [-0.2, -0.15) is 5.10 Å². The largest absolute Gasteiger partial charge is 0.488 e. The normalized spacial score (nSPS) is 17.2. The second-order valence-electron chi connectivity index (χ2n) is 8.71. The predicted molar refractivity (Wildman–Crippen MR) is 127 cm³/mol. The molecule has 5 aromatic rings. The van der Waals surface area contributed by atoms with Crippen molar-refractivity contribution in [2.75, 3.05) is 18.1 Å². The number of hydrogen-bond donors (Lipinski definition) is 0. The standard InChI is InChI=1S/C24H20FN7OS/c1-30-11-15(9-27-30)14-7-19(25)23-28-29-24(32(23)12-14)34-17-4-5-20-18(8-17)22-21(10-26-20)31-6-2-3-16(31)13-33-22/h4-5,7-12,16H,2-3,6,13H2,1H3/t16-/m1/s1. The van der Waals surface area contributed by atoms with Crippen LogP contribution in [0, 0.1) is 5.82 Å². The van der Waals surface area contributed by atoms with Gasteiger partial charge in [0.15, 0.2) is 17.2 Å². The Balaban J connectivity index is 1.29. The van der Waals surface area contributed by atoms with Gasteiger partial charge in [0.2, 0.25) is 5.16 Å². The fourth-order valence-electron chi connectivity index (χ4n) is 4.90. The molecule has 8 nitrogen and oxygen atoms in total. The summed E-state index contributed by atoms with van der Waals surface area (Å²) in [4.78, 5) is 8.05. The molecule has 0 saturated carbocycles. The monoisotopic (exact) mass is 473 g/mol. The summed E-state index contributed by atoms with van der Waals surface area (Å²) in [5, 5.41) is 14.1. The SMILES string of the molecule is Cn1cc(-c2cc(F)c3nnc(Sc4ccc5ncc6c(c5c4)OC[C@H]4CCCN64)n3c2)cn1. The van der Waals surface area contributed by atoms with E-state index in [1.165, 1.54) is 24.2 Å². The van der Waals surface area contributed by atoms with Crippen molar-refractivity contribution in [3.63, 3.8) is 0 Å². The third kappa shape index (κ3) is 3.05. The fraction of sp³-hybridized carbons (Fsp3) is 0.250. The van der Waals surface area contributed by atoms with E-state index in [2.05, 4.69) is 31.2 Å². The number of benzene rings is 1. The number of halogens is 1. The smallest absolute Gasteiger partial charge is 0.200 e. The van der Waals surface area contributed by atoms with Crippen LogP contribution in [-0.2, 0) is 7.05 Å². The highest BCUT2D eigenvalue weighted by Gasteiger charge is 2.32. The van der Waals surface area contributed by atoms with Crippen LogP contribution in [0.1, 0.15) is 12.8 Å². The van der Waals surface area contributed by atoms with E-state index in [0.717, 1.165) is 45.8 Å². The lowest BCUT2D eigenvalue weighted by Crippen LogP contribution is -2.38. The summed E-state index contributed by atoms with van der Waals surface area (Å²) in [6.07, 6.45) is 9.67. The zero-order chi connectivity index (χ0) is 22.8. The summed E-state index contributed by atoms with van der Waals surface area (Å²) in [7, 11) is 1.83. The minimum Gasteiger partial charge on any atom is -0.488 e. The molecule has 2 aliphatic rings. The van der Waals surface area contributed by atoms with Gasteiger partial charge in [0.05, 0.1) is 29.6 Å². The highest BCUT2D eigenvalue weighted by atomic mass is 32.2. The van der Waals surface area contributed by atoms with Gasteiger partial charge in [0, 0.05) is 47.4 Å². The molecular weight excluding hydrogens is 453 g/mol. The molecule has 1 aromatic carbocycles. The number of aryl methyl sites for hydroxylation is 1. The number of ether oxygens (including phenoxy) is 1. The average molecular weight is 474 g/mol. The molecule has 0 aliphatic carbocycles. The van der Waals surface area contributed by atoms with E-state index in [1.54, 1.807) is 15.3 Å². The summed E-state index contributed by atoms with van der Waals surface area (Å²) < 4.78 is 24.4. The van der Waals surface area contributed by atoms with E-state index in [4.69, 9.17) is 4.74 Å². The summed E-state index contributed by atoms with van der Waals surface area (Å²) in [5.41, 5.74) is 3.69. The van der Waals surface area contributed by atoms with Crippen LogP contribution >= 0.6 is 11.8 Å². The summed E-state index contributed by atoms with van der Waals surface area (Å²) in [6.45, 7) is 1.74. The van der Waals surface area contributed by atoms with Crippen LogP contribution in [0.5, 0.6) is 5.75 Å². The van der Waals surface area contributed by atoms with Gasteiger partial charge in [-0.3, -0.25) is 14.1 Å². The maximum absolute atomic E-state index is 14.8. The first-order chi connectivity index (χ1) is 16.6. The first-order valence-corrected chi connectivity index (χ1v) is 12.0. The number of pyridine rings is 2. The Bertz CT molecular complexity index is 1580. The molecule has 1 fully saturated rings. The molecule has 0 amide bonds. The third-order valence-corrected chi connectivity index (χ3v) is 7.50. The van der Waals surface area contributed by atoms with E-state index >= 15 is 0 Å². The molecule has 170 valence electrons. The van der Waals surface area contributed by atoms with Crippen LogP contribution in [0.4, 0.5) is 10.1 Å². The topological polar surface area (TPSA) is 73.4 Å². The van der Waals surface area contributed by atoms with E-state index in [9.17, 15) is 4.39 Å². The predicted octanol–water partition coefficient (Wildman–Crippen LogP) is 4.33. The maximum Gasteiger partial charge on any atom is 0.200 e. The number of hydrogen-bond acceptors (Lipinski definition) is 7. The first kappa shape index (κ1) is 19.8. The van der Waals surface area contributed by atoms with Crippen molar-refractivity contribution in [2.45, 2.75) is 28.9 Å². The molecule has 0 bridgehead atoms. The van der Waals surface area contributed by atoms with E-state index in [-0.39, 0.29) is 5.65 Å². The minimum atomic E-state index is -0.425. The molecule has 0 N–H and O–H groups in total. The quantitative estimate of drug-likeness (QED) is 0.386. The van der Waals surface area contributed by atoms with Crippen molar-refractivity contribution in [1.29, 1.82) is 0 Å². The Morgan fingerprint density at radius 2 is 2.06 bits per heavy atom.